The van der Waals surface area contributed by atoms with Gasteiger partial charge in [-0.05, 0) is 35.2 Å². The molecule has 0 fully saturated rings. The van der Waals surface area contributed by atoms with E-state index in [-0.39, 0.29) is 6.61 Å². The lowest BCUT2D eigenvalue weighted by molar-refractivity contribution is 0.282. The summed E-state index contributed by atoms with van der Waals surface area (Å²) in [6.07, 6.45) is 9.06. The highest BCUT2D eigenvalue weighted by Crippen LogP contribution is 2.15. The van der Waals surface area contributed by atoms with Crippen molar-refractivity contribution in [3.8, 4) is 5.75 Å². The third kappa shape index (κ3) is 6.29. The van der Waals surface area contributed by atoms with Crippen LogP contribution < -0.4 is 4.74 Å². The quantitative estimate of drug-likeness (QED) is 0.502. The molecular weight excluding hydrogens is 284 g/mol. The third-order valence-corrected chi connectivity index (χ3v) is 3.78. The van der Waals surface area contributed by atoms with Crippen molar-refractivity contribution in [1.82, 2.24) is 0 Å². The van der Waals surface area contributed by atoms with Crippen LogP contribution in [0.1, 0.15) is 49.3 Å². The Morgan fingerprint density at radius 3 is 2.00 bits per heavy atom. The van der Waals surface area contributed by atoms with Crippen LogP contribution in [0.3, 0.4) is 0 Å². The highest BCUT2D eigenvalue weighted by atomic mass is 16.5. The molecule has 0 bridgehead atoms. The molecule has 0 heterocycles. The Kier molecular flexibility index (Phi) is 7.41. The van der Waals surface area contributed by atoms with Gasteiger partial charge in [0, 0.05) is 0 Å². The first kappa shape index (κ1) is 17.3. The van der Waals surface area contributed by atoms with Crippen LogP contribution in [0.5, 0.6) is 5.75 Å². The zero-order valence-electron chi connectivity index (χ0n) is 13.9. The number of hydrogen-bond acceptors (Lipinski definition) is 2. The summed E-state index contributed by atoms with van der Waals surface area (Å²) in [4.78, 5) is 0. The van der Waals surface area contributed by atoms with Crippen molar-refractivity contribution in [2.45, 2.75) is 39.2 Å². The van der Waals surface area contributed by atoms with Gasteiger partial charge in [-0.3, -0.25) is 0 Å². The van der Waals surface area contributed by atoms with Crippen molar-refractivity contribution in [2.24, 2.45) is 0 Å². The molecule has 0 aromatic heterocycles. The standard InChI is InChI=1S/C21H26O2/c1-2-3-4-5-16-23-21-14-12-19(13-15-21)7-6-18-8-10-20(17-22)11-9-18/h6-15,22H,2-5,16-17H2,1H3. The summed E-state index contributed by atoms with van der Waals surface area (Å²) in [6, 6.07) is 16.1. The minimum Gasteiger partial charge on any atom is -0.494 e. The second-order valence-electron chi connectivity index (χ2n) is 5.71. The molecule has 2 heteroatoms. The van der Waals surface area contributed by atoms with E-state index in [0.717, 1.165) is 35.5 Å². The molecule has 0 spiro atoms. The largest absolute Gasteiger partial charge is 0.494 e. The zero-order chi connectivity index (χ0) is 16.3. The topological polar surface area (TPSA) is 29.5 Å². The number of aliphatic hydroxyl groups is 1. The molecule has 0 radical (unpaired) electrons. The minimum atomic E-state index is 0.0872. The van der Waals surface area contributed by atoms with Crippen LogP contribution in [0.4, 0.5) is 0 Å². The van der Waals surface area contributed by atoms with Gasteiger partial charge in [0.05, 0.1) is 13.2 Å². The van der Waals surface area contributed by atoms with E-state index in [2.05, 4.69) is 31.2 Å². The summed E-state index contributed by atoms with van der Waals surface area (Å²) in [5.74, 6) is 0.936. The van der Waals surface area contributed by atoms with Crippen LogP contribution in [0.15, 0.2) is 48.5 Å². The summed E-state index contributed by atoms with van der Waals surface area (Å²) < 4.78 is 5.75. The zero-order valence-corrected chi connectivity index (χ0v) is 13.9. The number of hydrogen-bond donors (Lipinski definition) is 1. The molecule has 2 rings (SSSR count). The monoisotopic (exact) mass is 310 g/mol. The van der Waals surface area contributed by atoms with E-state index in [0.29, 0.717) is 0 Å². The van der Waals surface area contributed by atoms with Crippen molar-refractivity contribution in [3.05, 3.63) is 65.2 Å². The van der Waals surface area contributed by atoms with E-state index < -0.39 is 0 Å². The van der Waals surface area contributed by atoms with E-state index in [1.54, 1.807) is 0 Å². The SMILES string of the molecule is CCCCCCOc1ccc(C=Cc2ccc(CO)cc2)cc1. The van der Waals surface area contributed by atoms with Gasteiger partial charge in [-0.25, -0.2) is 0 Å². The first-order valence-electron chi connectivity index (χ1n) is 8.42. The van der Waals surface area contributed by atoms with E-state index in [1.807, 2.05) is 36.4 Å². The summed E-state index contributed by atoms with van der Waals surface area (Å²) in [6.45, 7) is 3.10. The summed E-state index contributed by atoms with van der Waals surface area (Å²) >= 11 is 0. The first-order valence-corrected chi connectivity index (χ1v) is 8.42. The fourth-order valence-electron chi connectivity index (χ4n) is 2.32. The van der Waals surface area contributed by atoms with Gasteiger partial charge in [-0.15, -0.1) is 0 Å². The Balaban J connectivity index is 1.82. The van der Waals surface area contributed by atoms with Crippen LogP contribution in [0.2, 0.25) is 0 Å². The summed E-state index contributed by atoms with van der Waals surface area (Å²) in [7, 11) is 0. The number of aliphatic hydroxyl groups excluding tert-OH is 1. The van der Waals surface area contributed by atoms with Crippen LogP contribution in [-0.2, 0) is 6.61 Å². The Morgan fingerprint density at radius 1 is 0.826 bits per heavy atom. The van der Waals surface area contributed by atoms with Crippen molar-refractivity contribution in [2.75, 3.05) is 6.61 Å². The average molecular weight is 310 g/mol. The Hall–Kier alpha value is -2.06. The van der Waals surface area contributed by atoms with E-state index in [9.17, 15) is 0 Å². The Morgan fingerprint density at radius 2 is 1.43 bits per heavy atom. The van der Waals surface area contributed by atoms with Gasteiger partial charge < -0.3 is 9.84 Å². The third-order valence-electron chi connectivity index (χ3n) is 3.78. The van der Waals surface area contributed by atoms with Crippen molar-refractivity contribution < 1.29 is 9.84 Å². The average Bonchev–Trinajstić information content (AvgIpc) is 2.61. The first-order chi connectivity index (χ1) is 11.3. The number of benzene rings is 2. The molecule has 2 nitrogen and oxygen atoms in total. The highest BCUT2D eigenvalue weighted by molar-refractivity contribution is 5.69. The molecule has 0 amide bonds. The lowest BCUT2D eigenvalue weighted by atomic mass is 10.1. The maximum atomic E-state index is 9.04. The van der Waals surface area contributed by atoms with Gasteiger partial charge in [-0.2, -0.15) is 0 Å². The second-order valence-corrected chi connectivity index (χ2v) is 5.71. The lowest BCUT2D eigenvalue weighted by Gasteiger charge is -2.06. The van der Waals surface area contributed by atoms with E-state index in [1.165, 1.54) is 19.3 Å². The summed E-state index contributed by atoms with van der Waals surface area (Å²) in [5.41, 5.74) is 3.20. The number of ether oxygens (including phenoxy) is 1. The van der Waals surface area contributed by atoms with Gasteiger partial charge >= 0.3 is 0 Å². The van der Waals surface area contributed by atoms with Gasteiger partial charge in [0.2, 0.25) is 0 Å². The van der Waals surface area contributed by atoms with Crippen molar-refractivity contribution >= 4 is 12.2 Å². The molecule has 0 saturated heterocycles. The smallest absolute Gasteiger partial charge is 0.119 e. The molecule has 0 saturated carbocycles. The van der Waals surface area contributed by atoms with Crippen molar-refractivity contribution in [3.63, 3.8) is 0 Å². The predicted octanol–water partition coefficient (Wildman–Crippen LogP) is 5.31. The van der Waals surface area contributed by atoms with Gasteiger partial charge in [0.1, 0.15) is 5.75 Å². The second kappa shape index (κ2) is 9.86. The fourth-order valence-corrected chi connectivity index (χ4v) is 2.32. The van der Waals surface area contributed by atoms with Crippen LogP contribution in [0, 0.1) is 0 Å². The molecule has 0 aliphatic rings. The van der Waals surface area contributed by atoms with Crippen molar-refractivity contribution in [1.29, 1.82) is 0 Å². The fraction of sp³-hybridized carbons (Fsp3) is 0.333. The maximum Gasteiger partial charge on any atom is 0.119 e. The molecule has 2 aromatic rings. The normalized spacial score (nSPS) is 11.0. The lowest BCUT2D eigenvalue weighted by Crippen LogP contribution is -1.96. The highest BCUT2D eigenvalue weighted by Gasteiger charge is 1.95. The van der Waals surface area contributed by atoms with Gasteiger partial charge in [0.15, 0.2) is 0 Å². The summed E-state index contributed by atoms with van der Waals surface area (Å²) in [5, 5.41) is 9.04. The van der Waals surface area contributed by atoms with Crippen LogP contribution in [0.25, 0.3) is 12.2 Å². The predicted molar refractivity (Wildman–Crippen MR) is 97.4 cm³/mol. The molecule has 0 unspecified atom stereocenters. The maximum absolute atomic E-state index is 9.04. The van der Waals surface area contributed by atoms with Crippen LogP contribution >= 0.6 is 0 Å². The minimum absolute atomic E-state index is 0.0872. The van der Waals surface area contributed by atoms with E-state index in [4.69, 9.17) is 9.84 Å². The van der Waals surface area contributed by atoms with Crippen LogP contribution in [-0.4, -0.2) is 11.7 Å². The Labute approximate surface area is 139 Å². The molecule has 0 aliphatic carbocycles. The van der Waals surface area contributed by atoms with E-state index >= 15 is 0 Å². The molecule has 122 valence electrons. The van der Waals surface area contributed by atoms with Gasteiger partial charge in [-0.1, -0.05) is 74.7 Å². The number of rotatable bonds is 9. The van der Waals surface area contributed by atoms with Gasteiger partial charge in [0.25, 0.3) is 0 Å². The number of unbranched alkanes of at least 4 members (excludes halogenated alkanes) is 3. The molecule has 2 aromatic carbocycles. The molecule has 1 N–H and O–H groups in total. The molecule has 0 atom stereocenters. The molecule has 0 aliphatic heterocycles. The molecule has 23 heavy (non-hydrogen) atoms. The Bertz CT molecular complexity index is 582. The molecular formula is C21H26O2.